The Kier molecular flexibility index (Phi) is 4.06. The van der Waals surface area contributed by atoms with Gasteiger partial charge in [0.25, 0.3) is 0 Å². The van der Waals surface area contributed by atoms with Crippen molar-refractivity contribution in [1.82, 2.24) is 4.72 Å². The molecule has 1 heterocycles. The second-order valence-corrected chi connectivity index (χ2v) is 8.84. The van der Waals surface area contributed by atoms with Gasteiger partial charge >= 0.3 is 5.97 Å². The van der Waals surface area contributed by atoms with Crippen molar-refractivity contribution < 1.29 is 18.3 Å². The summed E-state index contributed by atoms with van der Waals surface area (Å²) < 4.78 is 27.2. The van der Waals surface area contributed by atoms with Crippen molar-refractivity contribution in [1.29, 1.82) is 0 Å². The summed E-state index contributed by atoms with van der Waals surface area (Å²) >= 11 is 4.01. The summed E-state index contributed by atoms with van der Waals surface area (Å²) in [4.78, 5) is 10.8. The number of nitrogens with one attached hydrogen (secondary N) is 1. The van der Waals surface area contributed by atoms with Crippen molar-refractivity contribution in [2.75, 3.05) is 6.54 Å². The van der Waals surface area contributed by atoms with Crippen LogP contribution in [0.2, 0.25) is 0 Å². The molecule has 0 bridgehead atoms. The first kappa shape index (κ1) is 15.0. The molecule has 19 heavy (non-hydrogen) atoms. The minimum absolute atomic E-state index is 0.00167. The van der Waals surface area contributed by atoms with Crippen LogP contribution in [0.4, 0.5) is 0 Å². The van der Waals surface area contributed by atoms with Gasteiger partial charge in [-0.3, -0.25) is 0 Å². The van der Waals surface area contributed by atoms with Gasteiger partial charge in [0.1, 0.15) is 9.77 Å². The van der Waals surface area contributed by atoms with Crippen molar-refractivity contribution in [3.63, 3.8) is 0 Å². The predicted molar refractivity (Wildman–Crippen MR) is 76.1 cm³/mol. The van der Waals surface area contributed by atoms with Crippen LogP contribution in [0.25, 0.3) is 0 Å². The first-order valence-electron chi connectivity index (χ1n) is 5.82. The summed E-state index contributed by atoms with van der Waals surface area (Å²) in [5, 5.41) is 8.87. The minimum atomic E-state index is -3.66. The van der Waals surface area contributed by atoms with E-state index in [0.717, 1.165) is 30.6 Å². The number of hydrogen-bond donors (Lipinski definition) is 2. The van der Waals surface area contributed by atoms with Crippen LogP contribution in [0.15, 0.2) is 14.7 Å². The molecule has 0 saturated heterocycles. The molecule has 1 fully saturated rings. The van der Waals surface area contributed by atoms with E-state index in [4.69, 9.17) is 5.11 Å². The Bertz CT molecular complexity index is 604. The fourth-order valence-electron chi connectivity index (χ4n) is 1.80. The number of rotatable bonds is 6. The van der Waals surface area contributed by atoms with Gasteiger partial charge in [-0.05, 0) is 46.7 Å². The largest absolute Gasteiger partial charge is 0.477 e. The zero-order chi connectivity index (χ0) is 14.3. The second-order valence-electron chi connectivity index (χ2n) is 4.73. The molecule has 2 rings (SSSR count). The van der Waals surface area contributed by atoms with Gasteiger partial charge in [0.05, 0.1) is 3.79 Å². The quantitative estimate of drug-likeness (QED) is 0.809. The van der Waals surface area contributed by atoms with E-state index >= 15 is 0 Å². The van der Waals surface area contributed by atoms with E-state index in [9.17, 15) is 13.2 Å². The number of carboxylic acids is 1. The third-order valence-corrected chi connectivity index (χ3v) is 7.14. The number of thiophene rings is 1. The van der Waals surface area contributed by atoms with Crippen LogP contribution in [0, 0.1) is 5.41 Å². The first-order valence-corrected chi connectivity index (χ1v) is 8.91. The van der Waals surface area contributed by atoms with E-state index in [0.29, 0.717) is 10.3 Å². The molecule has 2 N–H and O–H groups in total. The van der Waals surface area contributed by atoms with E-state index in [1.165, 1.54) is 6.07 Å². The van der Waals surface area contributed by atoms with E-state index < -0.39 is 16.0 Å². The van der Waals surface area contributed by atoms with Crippen molar-refractivity contribution >= 4 is 43.3 Å². The topological polar surface area (TPSA) is 83.5 Å². The van der Waals surface area contributed by atoms with E-state index in [1.54, 1.807) is 0 Å². The molecule has 1 aromatic heterocycles. The average molecular weight is 368 g/mol. The van der Waals surface area contributed by atoms with Crippen molar-refractivity contribution in [2.24, 2.45) is 5.41 Å². The monoisotopic (exact) mass is 367 g/mol. The summed E-state index contributed by atoms with van der Waals surface area (Å²) in [6, 6.07) is 1.19. The molecule has 1 saturated carbocycles. The molecule has 0 aliphatic heterocycles. The lowest BCUT2D eigenvalue weighted by Gasteiger charge is -2.13. The Labute approximate surface area is 124 Å². The van der Waals surface area contributed by atoms with Gasteiger partial charge < -0.3 is 5.11 Å². The molecule has 0 unspecified atom stereocenters. The molecule has 8 heteroatoms. The SMILES string of the molecule is CCC1(CNS(=O)(=O)c2cc(C(=O)O)sc2Br)CC1. The summed E-state index contributed by atoms with van der Waals surface area (Å²) in [7, 11) is -3.66. The first-order chi connectivity index (χ1) is 8.80. The Morgan fingerprint density at radius 1 is 1.58 bits per heavy atom. The molecule has 1 aromatic rings. The van der Waals surface area contributed by atoms with Crippen molar-refractivity contribution in [3.05, 3.63) is 14.7 Å². The third-order valence-electron chi connectivity index (χ3n) is 3.50. The molecule has 0 spiro atoms. The molecular formula is C11H14BrNO4S2. The number of carbonyl (C=O) groups is 1. The molecule has 1 aliphatic carbocycles. The van der Waals surface area contributed by atoms with E-state index in [1.807, 2.05) is 6.92 Å². The maximum absolute atomic E-state index is 12.2. The highest BCUT2D eigenvalue weighted by atomic mass is 79.9. The third kappa shape index (κ3) is 3.18. The van der Waals surface area contributed by atoms with Crippen molar-refractivity contribution in [3.8, 4) is 0 Å². The summed E-state index contributed by atoms with van der Waals surface area (Å²) in [5.74, 6) is -1.13. The van der Waals surface area contributed by atoms with Crippen LogP contribution >= 0.6 is 27.3 Å². The van der Waals surface area contributed by atoms with Gasteiger partial charge in [-0.2, -0.15) is 0 Å². The standard InChI is InChI=1S/C11H14BrNO4S2/c1-2-11(3-4-11)6-13-19(16,17)8-5-7(10(14)15)18-9(8)12/h5,13H,2-4,6H2,1H3,(H,14,15). The van der Waals surface area contributed by atoms with Crippen LogP contribution in [-0.2, 0) is 10.0 Å². The highest BCUT2D eigenvalue weighted by Gasteiger charge is 2.41. The summed E-state index contributed by atoms with van der Waals surface area (Å²) in [5.41, 5.74) is 0.102. The lowest BCUT2D eigenvalue weighted by molar-refractivity contribution is 0.0702. The molecular weight excluding hydrogens is 354 g/mol. The van der Waals surface area contributed by atoms with Gasteiger partial charge in [0, 0.05) is 6.54 Å². The van der Waals surface area contributed by atoms with Gasteiger partial charge in [0.15, 0.2) is 0 Å². The molecule has 5 nitrogen and oxygen atoms in total. The van der Waals surface area contributed by atoms with E-state index in [2.05, 4.69) is 20.7 Å². The highest BCUT2D eigenvalue weighted by Crippen LogP contribution is 2.48. The predicted octanol–water partition coefficient (Wildman–Crippen LogP) is 2.68. The Hall–Kier alpha value is -0.440. The zero-order valence-corrected chi connectivity index (χ0v) is 13.5. The number of carboxylic acid groups (broad SMARTS) is 1. The van der Waals surface area contributed by atoms with Crippen LogP contribution in [-0.4, -0.2) is 26.0 Å². The fourth-order valence-corrected chi connectivity index (χ4v) is 5.36. The minimum Gasteiger partial charge on any atom is -0.477 e. The molecule has 106 valence electrons. The Balaban J connectivity index is 2.17. The van der Waals surface area contributed by atoms with Crippen molar-refractivity contribution in [2.45, 2.75) is 31.1 Å². The lowest BCUT2D eigenvalue weighted by atomic mass is 10.1. The van der Waals surface area contributed by atoms with Crippen LogP contribution in [0.5, 0.6) is 0 Å². The van der Waals surface area contributed by atoms with Gasteiger partial charge in [-0.1, -0.05) is 6.92 Å². The lowest BCUT2D eigenvalue weighted by Crippen LogP contribution is -2.30. The molecule has 0 amide bonds. The van der Waals surface area contributed by atoms with Crippen LogP contribution in [0.1, 0.15) is 35.9 Å². The van der Waals surface area contributed by atoms with Gasteiger partial charge in [-0.15, -0.1) is 11.3 Å². The van der Waals surface area contributed by atoms with Gasteiger partial charge in [0.2, 0.25) is 10.0 Å². The number of aromatic carboxylic acids is 1. The average Bonchev–Trinajstić information content (AvgIpc) is 3.02. The Morgan fingerprint density at radius 3 is 2.63 bits per heavy atom. The highest BCUT2D eigenvalue weighted by molar-refractivity contribution is 9.11. The summed E-state index contributed by atoms with van der Waals surface area (Å²) in [6.07, 6.45) is 3.02. The normalized spacial score (nSPS) is 17.4. The number of sulfonamides is 1. The van der Waals surface area contributed by atoms with Gasteiger partial charge in [-0.25, -0.2) is 17.9 Å². The van der Waals surface area contributed by atoms with Crippen LogP contribution in [0.3, 0.4) is 0 Å². The molecule has 0 aromatic carbocycles. The maximum Gasteiger partial charge on any atom is 0.345 e. The molecule has 0 radical (unpaired) electrons. The Morgan fingerprint density at radius 2 is 2.21 bits per heavy atom. The molecule has 0 atom stereocenters. The van der Waals surface area contributed by atoms with E-state index in [-0.39, 0.29) is 15.2 Å². The number of halogens is 1. The number of hydrogen-bond acceptors (Lipinski definition) is 4. The molecule has 1 aliphatic rings. The maximum atomic E-state index is 12.2. The summed E-state index contributed by atoms with van der Waals surface area (Å²) in [6.45, 7) is 2.46. The zero-order valence-electron chi connectivity index (χ0n) is 10.3. The van der Waals surface area contributed by atoms with Crippen LogP contribution < -0.4 is 4.72 Å². The smallest absolute Gasteiger partial charge is 0.345 e. The fraction of sp³-hybridized carbons (Fsp3) is 0.545. The second kappa shape index (κ2) is 5.16.